The molecule has 1 rings (SSSR count). The Labute approximate surface area is 124 Å². The van der Waals surface area contributed by atoms with E-state index in [2.05, 4.69) is 15.9 Å². The van der Waals surface area contributed by atoms with Crippen LogP contribution in [0, 0.1) is 0 Å². The summed E-state index contributed by atoms with van der Waals surface area (Å²) >= 11 is 3.15. The number of hydrogen-bond acceptors (Lipinski definition) is 6. The van der Waals surface area contributed by atoms with Gasteiger partial charge in [-0.15, -0.1) is 0 Å². The van der Waals surface area contributed by atoms with Crippen LogP contribution in [0.25, 0.3) is 0 Å². The lowest BCUT2D eigenvalue weighted by molar-refractivity contribution is -0.132. The summed E-state index contributed by atoms with van der Waals surface area (Å²) in [6, 6.07) is 2.66. The minimum absolute atomic E-state index is 0.0688. The van der Waals surface area contributed by atoms with Gasteiger partial charge in [-0.25, -0.2) is 4.79 Å². The van der Waals surface area contributed by atoms with Crippen molar-refractivity contribution in [3.8, 4) is 11.5 Å². The molecule has 1 aromatic rings. The van der Waals surface area contributed by atoms with Crippen molar-refractivity contribution < 1.29 is 28.6 Å². The number of ether oxygens (including phenoxy) is 3. The molecule has 0 unspecified atom stereocenters. The Balaban J connectivity index is 3.28. The summed E-state index contributed by atoms with van der Waals surface area (Å²) in [6.07, 6.45) is 0. The fourth-order valence-electron chi connectivity index (χ4n) is 1.36. The quantitative estimate of drug-likeness (QED) is 0.616. The summed E-state index contributed by atoms with van der Waals surface area (Å²) in [4.78, 5) is 33.8. The van der Waals surface area contributed by atoms with E-state index in [-0.39, 0.29) is 28.1 Å². The fraction of sp³-hybridized carbons (Fsp3) is 0.308. The zero-order valence-electron chi connectivity index (χ0n) is 11.2. The van der Waals surface area contributed by atoms with Gasteiger partial charge in [0.1, 0.15) is 16.0 Å². The Bertz CT molecular complexity index is 515. The lowest BCUT2D eigenvalue weighted by Gasteiger charge is -2.11. The maximum absolute atomic E-state index is 11.7. The molecule has 0 aliphatic rings. The zero-order chi connectivity index (χ0) is 15.3. The van der Waals surface area contributed by atoms with Gasteiger partial charge in [0.05, 0.1) is 12.2 Å². The smallest absolute Gasteiger partial charge is 0.338 e. The number of hydrogen-bond donors (Lipinski definition) is 0. The van der Waals surface area contributed by atoms with Crippen LogP contribution < -0.4 is 9.47 Å². The molecule has 0 fully saturated rings. The molecule has 6 nitrogen and oxygen atoms in total. The van der Waals surface area contributed by atoms with Gasteiger partial charge in [0.15, 0.2) is 0 Å². The van der Waals surface area contributed by atoms with E-state index < -0.39 is 17.9 Å². The maximum Gasteiger partial charge on any atom is 0.338 e. The molecular weight excluding hydrogens is 332 g/mol. The Morgan fingerprint density at radius 2 is 1.50 bits per heavy atom. The van der Waals surface area contributed by atoms with Crippen LogP contribution in [-0.2, 0) is 14.3 Å². The fourth-order valence-corrected chi connectivity index (χ4v) is 1.75. The van der Waals surface area contributed by atoms with Crippen LogP contribution in [0.4, 0.5) is 0 Å². The van der Waals surface area contributed by atoms with Crippen molar-refractivity contribution in [2.24, 2.45) is 0 Å². The molecule has 1 aromatic carbocycles. The molecule has 0 bridgehead atoms. The van der Waals surface area contributed by atoms with Crippen molar-refractivity contribution in [2.45, 2.75) is 20.8 Å². The standard InChI is InChI=1S/C13H13BrO6/c1-4-18-13(17)9-5-10(19-7(2)15)12(14)11(6-9)20-8(3)16/h5-6H,4H2,1-3H3. The maximum atomic E-state index is 11.7. The average Bonchev–Trinajstić information content (AvgIpc) is 2.33. The van der Waals surface area contributed by atoms with E-state index in [4.69, 9.17) is 14.2 Å². The van der Waals surface area contributed by atoms with Gasteiger partial charge in [0, 0.05) is 13.8 Å². The molecule has 108 valence electrons. The first-order valence-corrected chi connectivity index (χ1v) is 6.52. The van der Waals surface area contributed by atoms with Gasteiger partial charge in [0.25, 0.3) is 0 Å². The Morgan fingerprint density at radius 3 is 1.85 bits per heavy atom. The minimum atomic E-state index is -0.609. The molecule has 0 radical (unpaired) electrons. The van der Waals surface area contributed by atoms with Gasteiger partial charge < -0.3 is 14.2 Å². The Morgan fingerprint density at radius 1 is 1.05 bits per heavy atom. The highest BCUT2D eigenvalue weighted by molar-refractivity contribution is 9.10. The topological polar surface area (TPSA) is 78.9 Å². The summed E-state index contributed by atoms with van der Waals surface area (Å²) in [6.45, 7) is 4.29. The normalized spacial score (nSPS) is 9.80. The lowest BCUT2D eigenvalue weighted by Crippen LogP contribution is -2.10. The lowest BCUT2D eigenvalue weighted by atomic mass is 10.2. The first-order chi connectivity index (χ1) is 9.35. The third-order valence-electron chi connectivity index (χ3n) is 2.02. The summed E-state index contributed by atoms with van der Waals surface area (Å²) in [7, 11) is 0. The third-order valence-corrected chi connectivity index (χ3v) is 2.81. The molecule has 0 aromatic heterocycles. The molecular formula is C13H13BrO6. The summed E-state index contributed by atoms with van der Waals surface area (Å²) in [5.41, 5.74) is 0.113. The van der Waals surface area contributed by atoms with E-state index in [0.717, 1.165) is 0 Å². The molecule has 0 amide bonds. The number of carbonyl (C=O) groups excluding carboxylic acids is 3. The van der Waals surface area contributed by atoms with Crippen LogP contribution in [0.3, 0.4) is 0 Å². The summed E-state index contributed by atoms with van der Waals surface area (Å²) < 4.78 is 15.0. The largest absolute Gasteiger partial charge is 0.462 e. The van der Waals surface area contributed by atoms with Crippen LogP contribution in [0.2, 0.25) is 0 Å². The van der Waals surface area contributed by atoms with Crippen LogP contribution in [0.15, 0.2) is 16.6 Å². The highest BCUT2D eigenvalue weighted by Gasteiger charge is 2.18. The number of rotatable bonds is 4. The van der Waals surface area contributed by atoms with Crippen molar-refractivity contribution in [3.05, 3.63) is 22.2 Å². The van der Waals surface area contributed by atoms with Gasteiger partial charge in [0.2, 0.25) is 0 Å². The average molecular weight is 345 g/mol. The van der Waals surface area contributed by atoms with Crippen LogP contribution >= 0.6 is 15.9 Å². The molecule has 0 saturated heterocycles. The van der Waals surface area contributed by atoms with Gasteiger partial charge in [-0.1, -0.05) is 0 Å². The molecule has 0 N–H and O–H groups in total. The first kappa shape index (κ1) is 16.2. The molecule has 0 heterocycles. The van der Waals surface area contributed by atoms with Crippen molar-refractivity contribution in [2.75, 3.05) is 6.61 Å². The number of benzene rings is 1. The van der Waals surface area contributed by atoms with Crippen LogP contribution in [-0.4, -0.2) is 24.5 Å². The van der Waals surface area contributed by atoms with E-state index in [1.54, 1.807) is 6.92 Å². The van der Waals surface area contributed by atoms with Crippen molar-refractivity contribution in [1.82, 2.24) is 0 Å². The molecule has 0 saturated carbocycles. The van der Waals surface area contributed by atoms with E-state index in [0.29, 0.717) is 0 Å². The SMILES string of the molecule is CCOC(=O)c1cc(OC(C)=O)c(Br)c(OC(C)=O)c1. The van der Waals surface area contributed by atoms with Crippen molar-refractivity contribution in [1.29, 1.82) is 0 Å². The first-order valence-electron chi connectivity index (χ1n) is 5.72. The zero-order valence-corrected chi connectivity index (χ0v) is 12.8. The molecule has 0 spiro atoms. The molecule has 20 heavy (non-hydrogen) atoms. The Hall–Kier alpha value is -1.89. The number of carbonyl (C=O) groups is 3. The van der Waals surface area contributed by atoms with Crippen molar-refractivity contribution in [3.63, 3.8) is 0 Å². The second-order valence-corrected chi connectivity index (χ2v) is 4.49. The third kappa shape index (κ3) is 4.34. The van der Waals surface area contributed by atoms with Crippen LogP contribution in [0.5, 0.6) is 11.5 Å². The highest BCUT2D eigenvalue weighted by Crippen LogP contribution is 2.36. The predicted octanol–water partition coefficient (Wildman–Crippen LogP) is 2.48. The monoisotopic (exact) mass is 344 g/mol. The van der Waals surface area contributed by atoms with Crippen LogP contribution in [0.1, 0.15) is 31.1 Å². The summed E-state index contributed by atoms with van der Waals surface area (Å²) in [5, 5.41) is 0. The minimum Gasteiger partial charge on any atom is -0.462 e. The van der Waals surface area contributed by atoms with Gasteiger partial charge >= 0.3 is 17.9 Å². The van der Waals surface area contributed by atoms with E-state index in [9.17, 15) is 14.4 Å². The predicted molar refractivity (Wildman–Crippen MR) is 72.7 cm³/mol. The van der Waals surface area contributed by atoms with Gasteiger partial charge in [-0.3, -0.25) is 9.59 Å². The molecule has 0 aliphatic carbocycles. The summed E-state index contributed by atoms with van der Waals surface area (Å²) in [5.74, 6) is -1.61. The Kier molecular flexibility index (Phi) is 5.69. The van der Waals surface area contributed by atoms with Crippen molar-refractivity contribution >= 4 is 33.8 Å². The van der Waals surface area contributed by atoms with E-state index in [1.807, 2.05) is 0 Å². The van der Waals surface area contributed by atoms with E-state index >= 15 is 0 Å². The van der Waals surface area contributed by atoms with Gasteiger partial charge in [-0.05, 0) is 35.0 Å². The molecule has 0 atom stereocenters. The number of halogens is 1. The highest BCUT2D eigenvalue weighted by atomic mass is 79.9. The second kappa shape index (κ2) is 7.04. The second-order valence-electron chi connectivity index (χ2n) is 3.69. The molecule has 7 heteroatoms. The number of esters is 3. The molecule has 0 aliphatic heterocycles. The van der Waals surface area contributed by atoms with Gasteiger partial charge in [-0.2, -0.15) is 0 Å². The van der Waals surface area contributed by atoms with E-state index in [1.165, 1.54) is 26.0 Å².